The number of aromatic nitrogens is 5. The molecule has 2 aliphatic heterocycles. The number of pyridine rings is 1. The molecule has 5 heterocycles. The van der Waals surface area contributed by atoms with Crippen LogP contribution >= 0.6 is 34.8 Å². The first-order valence-corrected chi connectivity index (χ1v) is 33.3. The standard InChI is InChI=1S/C23H32N2O4.C18H22ClNO3.C16H17N3O5S.C10H10Cl2O3/c1-7-16-13-15(3)14-17(8-2)18(16)19-20(26)24-9-11-28-12-10-25(24)21(19)29-22(27)23(4,5)6;1-3-4-5-7-13(2)23-17(21)12-22-16-10-9-15(19)14-8-6-11-20-18(14)16;1-9-10(15(20)11-8-17-19(2)16(11)21)4-5-13(25(3,22)23)14(9)12-6-7-24-18-12;11-7-3-4-9(8(12)6-7)15-5-1-2-10(13)14/h13-14H,7-12H2,1-6H3;6,8-11,13H,3-5,7,12H2,1-2H3;4-5,8,21H,6-7H2,1-3H3;3-4,6H,1-2,5H2,(H,13,14). The van der Waals surface area contributed by atoms with E-state index in [0.29, 0.717) is 113 Å². The summed E-state index contributed by atoms with van der Waals surface area (Å²) < 4.78 is 56.6. The Kier molecular flexibility index (Phi) is 26.9. The van der Waals surface area contributed by atoms with Gasteiger partial charge in [0.25, 0.3) is 5.56 Å². The predicted octanol–water partition coefficient (Wildman–Crippen LogP) is 12.9. The second kappa shape index (κ2) is 33.7. The van der Waals surface area contributed by atoms with Crippen molar-refractivity contribution in [3.63, 3.8) is 0 Å². The molecular weight excluding hydrogens is 1270 g/mol. The molecule has 25 heteroatoms. The molecule has 496 valence electrons. The van der Waals surface area contributed by atoms with Gasteiger partial charge in [-0.05, 0) is 150 Å². The number of halogens is 3. The molecule has 0 fully saturated rings. The van der Waals surface area contributed by atoms with Crippen LogP contribution < -0.4 is 19.8 Å². The number of benzene rings is 4. The molecule has 9 rings (SSSR count). The highest BCUT2D eigenvalue weighted by atomic mass is 35.5. The molecule has 2 N–H and O–H groups in total. The summed E-state index contributed by atoms with van der Waals surface area (Å²) >= 11 is 17.7. The highest BCUT2D eigenvalue weighted by molar-refractivity contribution is 7.90. The van der Waals surface area contributed by atoms with Gasteiger partial charge in [0.1, 0.15) is 34.7 Å². The SMILES string of the molecule is CCCCCC(C)OC(=O)COc1ccc(Cl)c2cccnc12.CCc1cc(C)cc(CC)c1-c1c(OC(=O)C(C)(C)C)n2n(c1=O)CCOCC2.Cc1c(C(=O)c2cnn(C)c2O)ccc(S(C)(=O)=O)c1C1=NOCC1.O=C(O)CCCOc1ccc(Cl)cc1Cl. The van der Waals surface area contributed by atoms with Crippen LogP contribution in [0.3, 0.4) is 0 Å². The van der Waals surface area contributed by atoms with E-state index in [4.69, 9.17) is 68.4 Å². The van der Waals surface area contributed by atoms with Gasteiger partial charge in [-0.15, -0.1) is 0 Å². The third-order valence-corrected chi connectivity index (χ3v) is 16.7. The van der Waals surface area contributed by atoms with Gasteiger partial charge in [0.05, 0.1) is 71.3 Å². The summed E-state index contributed by atoms with van der Waals surface area (Å²) in [5.41, 5.74) is 6.30. The summed E-state index contributed by atoms with van der Waals surface area (Å²) in [5.74, 6) is -0.855. The number of carboxylic acids is 1. The average molecular weight is 1350 g/mol. The van der Waals surface area contributed by atoms with E-state index < -0.39 is 27.0 Å². The number of ketones is 1. The number of carbonyl (C=O) groups excluding carboxylic acids is 3. The number of aromatic hydroxyl groups is 1. The Labute approximate surface area is 551 Å². The van der Waals surface area contributed by atoms with Crippen molar-refractivity contribution in [2.24, 2.45) is 17.6 Å². The number of carbonyl (C=O) groups is 4. The van der Waals surface area contributed by atoms with E-state index >= 15 is 0 Å². The Morgan fingerprint density at radius 3 is 2.10 bits per heavy atom. The molecule has 21 nitrogen and oxygen atoms in total. The first-order chi connectivity index (χ1) is 43.6. The molecule has 0 spiro atoms. The van der Waals surface area contributed by atoms with Gasteiger partial charge in [0.2, 0.25) is 11.8 Å². The molecule has 0 aliphatic carbocycles. The van der Waals surface area contributed by atoms with Crippen LogP contribution in [-0.4, -0.2) is 118 Å². The topological polar surface area (TPSA) is 268 Å². The maximum Gasteiger partial charge on any atom is 0.344 e. The number of aryl methyl sites for hydroxylation is 4. The summed E-state index contributed by atoms with van der Waals surface area (Å²) in [4.78, 5) is 70.6. The summed E-state index contributed by atoms with van der Waals surface area (Å²) in [5, 5.41) is 28.5. The molecule has 0 saturated carbocycles. The lowest BCUT2D eigenvalue weighted by Gasteiger charge is -2.19. The Bertz CT molecular complexity index is 3960. The van der Waals surface area contributed by atoms with Crippen molar-refractivity contribution >= 4 is 84.9 Å². The van der Waals surface area contributed by atoms with Crippen molar-refractivity contribution in [1.82, 2.24) is 24.1 Å². The normalized spacial score (nSPS) is 13.1. The van der Waals surface area contributed by atoms with Crippen molar-refractivity contribution in [1.29, 1.82) is 0 Å². The number of oxime groups is 1. The summed E-state index contributed by atoms with van der Waals surface area (Å²) in [6.07, 6.45) is 10.8. The van der Waals surface area contributed by atoms with Gasteiger partial charge < -0.3 is 38.7 Å². The zero-order valence-electron chi connectivity index (χ0n) is 53.8. The molecule has 2 aliphatic rings. The van der Waals surface area contributed by atoms with E-state index in [1.165, 1.54) is 35.6 Å². The number of hydrogen-bond acceptors (Lipinski definition) is 17. The first-order valence-electron chi connectivity index (χ1n) is 30.3. The van der Waals surface area contributed by atoms with Crippen molar-refractivity contribution in [2.45, 2.75) is 144 Å². The number of ether oxygens (including phenoxy) is 5. The molecule has 0 bridgehead atoms. The minimum Gasteiger partial charge on any atom is -0.493 e. The molecule has 3 aromatic heterocycles. The number of sulfone groups is 1. The maximum absolute atomic E-state index is 13.5. The van der Waals surface area contributed by atoms with Gasteiger partial charge >= 0.3 is 17.9 Å². The van der Waals surface area contributed by atoms with Gasteiger partial charge in [-0.1, -0.05) is 91.3 Å². The molecule has 7 aromatic rings. The van der Waals surface area contributed by atoms with Crippen molar-refractivity contribution in [3.8, 4) is 34.4 Å². The van der Waals surface area contributed by atoms with Crippen molar-refractivity contribution in [3.05, 3.63) is 143 Å². The van der Waals surface area contributed by atoms with Crippen LogP contribution in [0.15, 0.2) is 94.0 Å². The van der Waals surface area contributed by atoms with Crippen LogP contribution in [0, 0.1) is 19.3 Å². The molecule has 1 atom stereocenters. The number of aliphatic carboxylic acids is 1. The van der Waals surface area contributed by atoms with E-state index in [9.17, 15) is 37.5 Å². The van der Waals surface area contributed by atoms with Crippen molar-refractivity contribution < 1.29 is 66.3 Å². The Hall–Kier alpha value is -7.76. The Morgan fingerprint density at radius 2 is 1.50 bits per heavy atom. The zero-order chi connectivity index (χ0) is 67.6. The van der Waals surface area contributed by atoms with Crippen LogP contribution in [0.25, 0.3) is 22.0 Å². The fourth-order valence-corrected chi connectivity index (χ4v) is 11.6. The second-order valence-corrected chi connectivity index (χ2v) is 26.2. The lowest BCUT2D eigenvalue weighted by atomic mass is 9.91. The number of rotatable bonds is 21. The molecular formula is C67H81Cl3N6O15S. The monoisotopic (exact) mass is 1350 g/mol. The van der Waals surface area contributed by atoms with Crippen LogP contribution in [0.5, 0.6) is 23.3 Å². The van der Waals surface area contributed by atoms with E-state index in [1.54, 1.807) is 52.8 Å². The fourth-order valence-electron chi connectivity index (χ4n) is 9.98. The lowest BCUT2D eigenvalue weighted by Crippen LogP contribution is -2.27. The van der Waals surface area contributed by atoms with E-state index in [0.717, 1.165) is 66.9 Å². The molecule has 0 amide bonds. The minimum atomic E-state index is -3.52. The number of hydrogen-bond donors (Lipinski definition) is 2. The molecule has 0 saturated heterocycles. The highest BCUT2D eigenvalue weighted by Gasteiger charge is 2.33. The van der Waals surface area contributed by atoms with E-state index in [1.807, 2.05) is 39.8 Å². The van der Waals surface area contributed by atoms with Gasteiger partial charge in [-0.25, -0.2) is 27.3 Å². The third-order valence-electron chi connectivity index (χ3n) is 14.7. The minimum absolute atomic E-state index is 0.0493. The summed E-state index contributed by atoms with van der Waals surface area (Å²) in [7, 11) is -2.00. The van der Waals surface area contributed by atoms with Crippen molar-refractivity contribution in [2.75, 3.05) is 39.3 Å². The summed E-state index contributed by atoms with van der Waals surface area (Å²) in [6.45, 7) is 19.8. The summed E-state index contributed by atoms with van der Waals surface area (Å²) in [6, 6.07) is 19.1. The van der Waals surface area contributed by atoms with Crippen LogP contribution in [0.4, 0.5) is 0 Å². The van der Waals surface area contributed by atoms with Gasteiger partial charge in [0, 0.05) is 53.9 Å². The third kappa shape index (κ3) is 19.4. The lowest BCUT2D eigenvalue weighted by molar-refractivity contribution is -0.151. The quantitative estimate of drug-likeness (QED) is 0.0384. The van der Waals surface area contributed by atoms with E-state index in [2.05, 4.69) is 55.1 Å². The average Bonchev–Trinajstić information content (AvgIpc) is 1.55. The molecule has 0 radical (unpaired) electrons. The largest absolute Gasteiger partial charge is 0.493 e. The predicted molar refractivity (Wildman–Crippen MR) is 354 cm³/mol. The van der Waals surface area contributed by atoms with Gasteiger partial charge in [0.15, 0.2) is 22.2 Å². The highest BCUT2D eigenvalue weighted by Crippen LogP contribution is 2.37. The first kappa shape index (κ1) is 73.3. The zero-order valence-corrected chi connectivity index (χ0v) is 56.9. The number of unbranched alkanes of at least 4 members (excludes halogenated alkanes) is 2. The smallest absolute Gasteiger partial charge is 0.344 e. The number of esters is 2. The van der Waals surface area contributed by atoms with Gasteiger partial charge in [-0.2, -0.15) is 5.10 Å². The maximum atomic E-state index is 13.5. The van der Waals surface area contributed by atoms with E-state index in [-0.39, 0.29) is 58.5 Å². The van der Waals surface area contributed by atoms with Crippen LogP contribution in [-0.2, 0) is 71.5 Å². The van der Waals surface area contributed by atoms with Crippen LogP contribution in [0.2, 0.25) is 15.1 Å². The number of fused-ring (bicyclic) bond motifs is 2. The number of carboxylic acid groups (broad SMARTS) is 1. The molecule has 4 aromatic carbocycles. The molecule has 92 heavy (non-hydrogen) atoms. The molecule has 1 unspecified atom stereocenters. The number of nitrogens with zero attached hydrogens (tertiary/aromatic N) is 6. The Balaban J connectivity index is 0.000000199. The Morgan fingerprint density at radius 1 is 0.815 bits per heavy atom. The van der Waals surface area contributed by atoms with Crippen LogP contribution in [0.1, 0.15) is 137 Å². The fraction of sp³-hybridized carbons (Fsp3) is 0.433. The second-order valence-electron chi connectivity index (χ2n) is 22.9. The van der Waals surface area contributed by atoms with Gasteiger partial charge in [-0.3, -0.25) is 24.2 Å².